The molecule has 0 radical (unpaired) electrons. The van der Waals surface area contributed by atoms with Gasteiger partial charge in [-0.15, -0.1) is 0 Å². The Morgan fingerprint density at radius 3 is 2.93 bits per heavy atom. The van der Waals surface area contributed by atoms with Crippen molar-refractivity contribution >= 4 is 18.7 Å². The van der Waals surface area contributed by atoms with Crippen LogP contribution in [-0.2, 0) is 6.54 Å². The highest BCUT2D eigenvalue weighted by atomic mass is 16.6. The molecule has 1 heterocycles. The van der Waals surface area contributed by atoms with E-state index in [2.05, 4.69) is 5.32 Å². The van der Waals surface area contributed by atoms with Gasteiger partial charge in [0, 0.05) is 17.6 Å². The molecule has 2 rings (SSSR count). The summed E-state index contributed by atoms with van der Waals surface area (Å²) in [7, 11) is -1.63. The molecule has 0 saturated heterocycles. The third-order valence-corrected chi connectivity index (χ3v) is 2.02. The maximum atomic E-state index is 10.9. The number of hydrogen-bond donors (Lipinski definition) is 3. The Bertz CT molecular complexity index is 380. The second kappa shape index (κ2) is 3.32. The van der Waals surface area contributed by atoms with Crippen LogP contribution in [0.15, 0.2) is 18.2 Å². The fraction of sp³-hybridized carbons (Fsp3) is 0.125. The van der Waals surface area contributed by atoms with Crippen molar-refractivity contribution in [1.29, 1.82) is 0 Å². The second-order valence-corrected chi connectivity index (χ2v) is 2.95. The lowest BCUT2D eigenvalue weighted by molar-refractivity contribution is 0.195. The van der Waals surface area contributed by atoms with Crippen molar-refractivity contribution in [2.24, 2.45) is 0 Å². The smallest absolute Gasteiger partial charge is 0.423 e. The molecule has 0 bridgehead atoms. The Kier molecular flexibility index (Phi) is 2.15. The number of carbonyl (C=O) groups excluding carboxylic acids is 1. The van der Waals surface area contributed by atoms with E-state index >= 15 is 0 Å². The van der Waals surface area contributed by atoms with Crippen LogP contribution in [0.5, 0.6) is 5.75 Å². The number of nitrogens with one attached hydrogen (secondary N) is 1. The molecule has 0 aromatic heterocycles. The maximum Gasteiger partial charge on any atom is 0.492 e. The highest BCUT2D eigenvalue weighted by molar-refractivity contribution is 6.59. The van der Waals surface area contributed by atoms with Gasteiger partial charge in [0.15, 0.2) is 0 Å². The Balaban J connectivity index is 2.48. The van der Waals surface area contributed by atoms with E-state index in [1.54, 1.807) is 12.1 Å². The minimum atomic E-state index is -1.63. The van der Waals surface area contributed by atoms with E-state index < -0.39 is 13.2 Å². The van der Waals surface area contributed by atoms with Gasteiger partial charge in [0.05, 0.1) is 0 Å². The number of ether oxygens (including phenoxy) is 1. The summed E-state index contributed by atoms with van der Waals surface area (Å²) in [6, 6.07) is 4.93. The Morgan fingerprint density at radius 2 is 2.21 bits per heavy atom. The van der Waals surface area contributed by atoms with E-state index in [-0.39, 0.29) is 11.2 Å². The summed E-state index contributed by atoms with van der Waals surface area (Å²) < 4.78 is 4.85. The summed E-state index contributed by atoms with van der Waals surface area (Å²) in [4.78, 5) is 10.9. The summed E-state index contributed by atoms with van der Waals surface area (Å²) in [6.07, 6.45) is -0.578. The third-order valence-electron chi connectivity index (χ3n) is 2.02. The van der Waals surface area contributed by atoms with Gasteiger partial charge in [-0.05, 0) is 0 Å². The van der Waals surface area contributed by atoms with Gasteiger partial charge in [0.2, 0.25) is 0 Å². The average molecular weight is 193 g/mol. The maximum absolute atomic E-state index is 10.9. The first kappa shape index (κ1) is 9.05. The summed E-state index contributed by atoms with van der Waals surface area (Å²) in [6.45, 7) is 0.342. The Labute approximate surface area is 80.5 Å². The molecule has 6 heteroatoms. The summed E-state index contributed by atoms with van der Waals surface area (Å²) in [5.74, 6) is 0.242. The van der Waals surface area contributed by atoms with E-state index in [0.29, 0.717) is 6.54 Å². The largest absolute Gasteiger partial charge is 0.492 e. The van der Waals surface area contributed by atoms with E-state index in [1.807, 2.05) is 0 Å². The van der Waals surface area contributed by atoms with Gasteiger partial charge in [0.1, 0.15) is 5.75 Å². The Morgan fingerprint density at radius 1 is 1.43 bits per heavy atom. The number of para-hydroxylation sites is 1. The van der Waals surface area contributed by atoms with Gasteiger partial charge < -0.3 is 20.1 Å². The van der Waals surface area contributed by atoms with Gasteiger partial charge in [0.25, 0.3) is 0 Å². The topological polar surface area (TPSA) is 78.8 Å². The molecule has 3 N–H and O–H groups in total. The Hall–Kier alpha value is -1.53. The molecule has 0 atom stereocenters. The monoisotopic (exact) mass is 193 g/mol. The number of amides is 1. The van der Waals surface area contributed by atoms with Gasteiger partial charge in [-0.25, -0.2) is 4.79 Å². The van der Waals surface area contributed by atoms with Crippen molar-refractivity contribution in [3.8, 4) is 5.75 Å². The lowest BCUT2D eigenvalue weighted by Crippen LogP contribution is -2.39. The molecule has 1 aliphatic heterocycles. The number of fused-ring (bicyclic) bond motifs is 1. The van der Waals surface area contributed by atoms with Crippen molar-refractivity contribution < 1.29 is 19.6 Å². The summed E-state index contributed by atoms with van der Waals surface area (Å²) in [5, 5.41) is 20.5. The molecule has 72 valence electrons. The zero-order valence-corrected chi connectivity index (χ0v) is 7.23. The molecule has 14 heavy (non-hydrogen) atoms. The first-order chi connectivity index (χ1) is 6.68. The highest BCUT2D eigenvalue weighted by Gasteiger charge is 2.24. The standard InChI is InChI=1S/C8H8BNO4/c11-8-10-4-5-2-1-3-6(9(12)13)7(5)14-8/h1-3,12-13H,4H2,(H,10,11). The number of rotatable bonds is 1. The molecule has 1 aromatic rings. The first-order valence-corrected chi connectivity index (χ1v) is 4.12. The molecule has 1 aliphatic rings. The van der Waals surface area contributed by atoms with Gasteiger partial charge >= 0.3 is 13.2 Å². The molecular formula is C8H8BNO4. The van der Waals surface area contributed by atoms with E-state index in [4.69, 9.17) is 14.8 Å². The average Bonchev–Trinajstić information content (AvgIpc) is 2.16. The van der Waals surface area contributed by atoms with Crippen LogP contribution in [-0.4, -0.2) is 23.3 Å². The van der Waals surface area contributed by atoms with Gasteiger partial charge in [-0.3, -0.25) is 0 Å². The molecule has 0 fully saturated rings. The lowest BCUT2D eigenvalue weighted by atomic mass is 9.78. The first-order valence-electron chi connectivity index (χ1n) is 4.12. The van der Waals surface area contributed by atoms with Crippen LogP contribution < -0.4 is 15.5 Å². The zero-order chi connectivity index (χ0) is 10.1. The van der Waals surface area contributed by atoms with Crippen LogP contribution in [0.4, 0.5) is 4.79 Å². The molecule has 0 unspecified atom stereocenters. The normalized spacial score (nSPS) is 14.0. The molecule has 1 aromatic carbocycles. The number of hydrogen-bond acceptors (Lipinski definition) is 4. The van der Waals surface area contributed by atoms with Gasteiger partial charge in [-0.1, -0.05) is 18.2 Å². The molecular weight excluding hydrogens is 185 g/mol. The van der Waals surface area contributed by atoms with Crippen LogP contribution in [0, 0.1) is 0 Å². The summed E-state index contributed by atoms with van der Waals surface area (Å²) in [5.41, 5.74) is 0.938. The SMILES string of the molecule is O=C1NCc2cccc(B(O)O)c2O1. The molecule has 5 nitrogen and oxygen atoms in total. The summed E-state index contributed by atoms with van der Waals surface area (Å²) >= 11 is 0. The van der Waals surface area contributed by atoms with Crippen molar-refractivity contribution in [2.45, 2.75) is 6.54 Å². The van der Waals surface area contributed by atoms with Crippen molar-refractivity contribution in [2.75, 3.05) is 0 Å². The minimum Gasteiger partial charge on any atom is -0.423 e. The fourth-order valence-electron chi connectivity index (χ4n) is 1.37. The molecule has 0 aliphatic carbocycles. The predicted octanol–water partition coefficient (Wildman–Crippen LogP) is -1.03. The van der Waals surface area contributed by atoms with Crippen molar-refractivity contribution in [3.05, 3.63) is 23.8 Å². The highest BCUT2D eigenvalue weighted by Crippen LogP contribution is 2.19. The number of carbonyl (C=O) groups is 1. The molecule has 0 saturated carbocycles. The van der Waals surface area contributed by atoms with Crippen LogP contribution in [0.25, 0.3) is 0 Å². The molecule has 1 amide bonds. The lowest BCUT2D eigenvalue weighted by Gasteiger charge is -2.19. The third kappa shape index (κ3) is 1.45. The quantitative estimate of drug-likeness (QED) is 0.498. The van der Waals surface area contributed by atoms with Crippen molar-refractivity contribution in [3.63, 3.8) is 0 Å². The second-order valence-electron chi connectivity index (χ2n) is 2.95. The zero-order valence-electron chi connectivity index (χ0n) is 7.23. The van der Waals surface area contributed by atoms with E-state index in [1.165, 1.54) is 6.07 Å². The van der Waals surface area contributed by atoms with Crippen LogP contribution >= 0.6 is 0 Å². The predicted molar refractivity (Wildman–Crippen MR) is 49.1 cm³/mol. The number of benzene rings is 1. The van der Waals surface area contributed by atoms with E-state index in [9.17, 15) is 4.79 Å². The van der Waals surface area contributed by atoms with Crippen molar-refractivity contribution in [1.82, 2.24) is 5.32 Å². The fourth-order valence-corrected chi connectivity index (χ4v) is 1.37. The van der Waals surface area contributed by atoms with Crippen LogP contribution in [0.3, 0.4) is 0 Å². The van der Waals surface area contributed by atoms with Crippen LogP contribution in [0.2, 0.25) is 0 Å². The molecule has 0 spiro atoms. The van der Waals surface area contributed by atoms with E-state index in [0.717, 1.165) is 5.56 Å². The minimum absolute atomic E-state index is 0.206. The van der Waals surface area contributed by atoms with Crippen LogP contribution in [0.1, 0.15) is 5.56 Å². The van der Waals surface area contributed by atoms with Gasteiger partial charge in [-0.2, -0.15) is 0 Å².